The Morgan fingerprint density at radius 3 is 2.65 bits per heavy atom. The van der Waals surface area contributed by atoms with Crippen LogP contribution >= 0.6 is 0 Å². The van der Waals surface area contributed by atoms with Gasteiger partial charge in [-0.05, 0) is 43.2 Å². The lowest BCUT2D eigenvalue weighted by molar-refractivity contribution is -0.143. The summed E-state index contributed by atoms with van der Waals surface area (Å²) in [6.07, 6.45) is 2.88. The summed E-state index contributed by atoms with van der Waals surface area (Å²) in [5.41, 5.74) is 0.896. The Labute approximate surface area is 132 Å². The first-order valence-electron chi connectivity index (χ1n) is 7.38. The van der Waals surface area contributed by atoms with Crippen molar-refractivity contribution in [2.45, 2.75) is 12.8 Å². The van der Waals surface area contributed by atoms with E-state index in [9.17, 15) is 14.0 Å². The normalized spacial score (nSPS) is 18.0. The lowest BCUT2D eigenvalue weighted by Gasteiger charge is -2.30. The highest BCUT2D eigenvalue weighted by Crippen LogP contribution is 2.19. The molecule has 1 aliphatic heterocycles. The molecular formula is C16H16FN3O3. The molecule has 23 heavy (non-hydrogen) atoms. The topological polar surface area (TPSA) is 75.4 Å². The van der Waals surface area contributed by atoms with Crippen LogP contribution in [0.3, 0.4) is 0 Å². The van der Waals surface area contributed by atoms with Gasteiger partial charge in [-0.1, -0.05) is 0 Å². The van der Waals surface area contributed by atoms with Crippen LogP contribution in [0.1, 0.15) is 23.3 Å². The largest absolute Gasteiger partial charge is 0.481 e. The molecule has 0 radical (unpaired) electrons. The van der Waals surface area contributed by atoms with Gasteiger partial charge in [0.15, 0.2) is 5.69 Å². The molecule has 0 spiro atoms. The van der Waals surface area contributed by atoms with Crippen LogP contribution in [0.5, 0.6) is 0 Å². The first-order chi connectivity index (χ1) is 11.0. The van der Waals surface area contributed by atoms with Gasteiger partial charge in [0, 0.05) is 19.3 Å². The van der Waals surface area contributed by atoms with Gasteiger partial charge in [0.1, 0.15) is 5.82 Å². The number of benzene rings is 1. The lowest BCUT2D eigenvalue weighted by Crippen LogP contribution is -2.42. The zero-order valence-corrected chi connectivity index (χ0v) is 12.4. The van der Waals surface area contributed by atoms with Crippen molar-refractivity contribution in [3.8, 4) is 5.69 Å². The second-order valence-electron chi connectivity index (χ2n) is 5.55. The van der Waals surface area contributed by atoms with Gasteiger partial charge in [-0.3, -0.25) is 9.59 Å². The predicted molar refractivity (Wildman–Crippen MR) is 79.8 cm³/mol. The first kappa shape index (κ1) is 15.2. The Balaban J connectivity index is 1.75. The fourth-order valence-corrected chi connectivity index (χ4v) is 2.70. The molecule has 120 valence electrons. The van der Waals surface area contributed by atoms with Crippen molar-refractivity contribution >= 4 is 11.9 Å². The van der Waals surface area contributed by atoms with E-state index in [1.54, 1.807) is 24.4 Å². The SMILES string of the molecule is O=C(O)[C@H]1CCCN(C(=O)c2ccn(-c3ccc(F)cc3)n2)C1. The van der Waals surface area contributed by atoms with Crippen LogP contribution in [0.2, 0.25) is 0 Å². The van der Waals surface area contributed by atoms with Gasteiger partial charge in [0.25, 0.3) is 5.91 Å². The van der Waals surface area contributed by atoms with Gasteiger partial charge in [-0.25, -0.2) is 9.07 Å². The summed E-state index contributed by atoms with van der Waals surface area (Å²) in [7, 11) is 0. The van der Waals surface area contributed by atoms with Crippen LogP contribution in [0, 0.1) is 11.7 Å². The quantitative estimate of drug-likeness (QED) is 0.939. The minimum atomic E-state index is -0.876. The molecule has 3 rings (SSSR count). The van der Waals surface area contributed by atoms with Crippen molar-refractivity contribution in [1.82, 2.24) is 14.7 Å². The number of rotatable bonds is 3. The molecule has 1 aromatic carbocycles. The summed E-state index contributed by atoms with van der Waals surface area (Å²) in [6.45, 7) is 0.740. The second kappa shape index (κ2) is 6.20. The van der Waals surface area contributed by atoms with Gasteiger partial charge in [0.05, 0.1) is 11.6 Å². The van der Waals surface area contributed by atoms with E-state index in [-0.39, 0.29) is 24.0 Å². The van der Waals surface area contributed by atoms with Crippen LogP contribution in [-0.4, -0.2) is 44.8 Å². The van der Waals surface area contributed by atoms with Crippen LogP contribution in [0.25, 0.3) is 5.69 Å². The molecule has 1 aromatic heterocycles. The number of carbonyl (C=O) groups is 2. The zero-order chi connectivity index (χ0) is 16.4. The molecule has 1 aliphatic rings. The molecule has 0 bridgehead atoms. The fraction of sp³-hybridized carbons (Fsp3) is 0.312. The third kappa shape index (κ3) is 3.23. The summed E-state index contributed by atoms with van der Waals surface area (Å²) < 4.78 is 14.4. The Bertz CT molecular complexity index is 726. The zero-order valence-electron chi connectivity index (χ0n) is 12.4. The summed E-state index contributed by atoms with van der Waals surface area (Å²) in [5, 5.41) is 13.3. The molecule has 7 heteroatoms. The number of carbonyl (C=O) groups excluding carboxylic acids is 1. The average Bonchev–Trinajstić information content (AvgIpc) is 3.05. The van der Waals surface area contributed by atoms with Gasteiger partial charge in [-0.15, -0.1) is 0 Å². The van der Waals surface area contributed by atoms with E-state index in [2.05, 4.69) is 5.10 Å². The number of hydrogen-bond donors (Lipinski definition) is 1. The van der Waals surface area contributed by atoms with Gasteiger partial charge < -0.3 is 10.0 Å². The Morgan fingerprint density at radius 2 is 1.96 bits per heavy atom. The highest BCUT2D eigenvalue weighted by Gasteiger charge is 2.29. The van der Waals surface area contributed by atoms with Gasteiger partial charge >= 0.3 is 5.97 Å². The highest BCUT2D eigenvalue weighted by atomic mass is 19.1. The number of carboxylic acid groups (broad SMARTS) is 1. The number of halogens is 1. The molecule has 0 saturated carbocycles. The van der Waals surface area contributed by atoms with Crippen molar-refractivity contribution < 1.29 is 19.1 Å². The maximum Gasteiger partial charge on any atom is 0.308 e. The maximum atomic E-state index is 12.9. The minimum absolute atomic E-state index is 0.206. The van der Waals surface area contributed by atoms with E-state index in [0.29, 0.717) is 25.1 Å². The number of aliphatic carboxylic acids is 1. The van der Waals surface area contributed by atoms with Crippen molar-refractivity contribution in [2.24, 2.45) is 5.92 Å². The van der Waals surface area contributed by atoms with E-state index < -0.39 is 11.9 Å². The number of amides is 1. The molecule has 1 amide bonds. The standard InChI is InChI=1S/C16H16FN3O3/c17-12-3-5-13(6-4-12)20-9-7-14(18-20)15(21)19-8-1-2-11(10-19)16(22)23/h3-7,9,11H,1-2,8,10H2,(H,22,23)/t11-/m0/s1. The summed E-state index contributed by atoms with van der Waals surface area (Å²) in [4.78, 5) is 25.1. The first-order valence-corrected chi connectivity index (χ1v) is 7.38. The van der Waals surface area contributed by atoms with Crippen LogP contribution in [-0.2, 0) is 4.79 Å². The smallest absolute Gasteiger partial charge is 0.308 e. The van der Waals surface area contributed by atoms with E-state index >= 15 is 0 Å². The minimum Gasteiger partial charge on any atom is -0.481 e. The van der Waals surface area contributed by atoms with Gasteiger partial charge in [0.2, 0.25) is 0 Å². The van der Waals surface area contributed by atoms with Crippen LogP contribution in [0.15, 0.2) is 36.5 Å². The second-order valence-corrected chi connectivity index (χ2v) is 5.55. The van der Waals surface area contributed by atoms with Crippen molar-refractivity contribution in [2.75, 3.05) is 13.1 Å². The van der Waals surface area contributed by atoms with E-state index in [1.807, 2.05) is 0 Å². The molecule has 1 saturated heterocycles. The molecule has 1 fully saturated rings. The molecule has 2 aromatic rings. The van der Waals surface area contributed by atoms with E-state index in [4.69, 9.17) is 5.11 Å². The molecular weight excluding hydrogens is 301 g/mol. The maximum absolute atomic E-state index is 12.9. The Morgan fingerprint density at radius 1 is 1.22 bits per heavy atom. The van der Waals surface area contributed by atoms with Crippen molar-refractivity contribution in [1.29, 1.82) is 0 Å². The summed E-state index contributed by atoms with van der Waals surface area (Å²) in [5.74, 6) is -2.02. The number of carboxylic acids is 1. The Hall–Kier alpha value is -2.70. The fourth-order valence-electron chi connectivity index (χ4n) is 2.70. The monoisotopic (exact) mass is 317 g/mol. The molecule has 0 aliphatic carbocycles. The van der Waals surface area contributed by atoms with Gasteiger partial charge in [-0.2, -0.15) is 5.10 Å². The van der Waals surface area contributed by atoms with E-state index in [1.165, 1.54) is 21.7 Å². The highest BCUT2D eigenvalue weighted by molar-refractivity contribution is 5.92. The summed E-state index contributed by atoms with van der Waals surface area (Å²) >= 11 is 0. The Kier molecular flexibility index (Phi) is 4.10. The van der Waals surface area contributed by atoms with Crippen LogP contribution < -0.4 is 0 Å². The molecule has 1 atom stereocenters. The van der Waals surface area contributed by atoms with E-state index in [0.717, 1.165) is 0 Å². The number of aromatic nitrogens is 2. The summed E-state index contributed by atoms with van der Waals surface area (Å²) in [6, 6.07) is 7.35. The number of piperidine rings is 1. The van der Waals surface area contributed by atoms with Crippen molar-refractivity contribution in [3.63, 3.8) is 0 Å². The predicted octanol–water partition coefficient (Wildman–Crippen LogP) is 1.95. The number of nitrogens with zero attached hydrogens (tertiary/aromatic N) is 3. The lowest BCUT2D eigenvalue weighted by atomic mass is 9.98. The van der Waals surface area contributed by atoms with Crippen molar-refractivity contribution in [3.05, 3.63) is 48.0 Å². The number of likely N-dealkylation sites (tertiary alicyclic amines) is 1. The molecule has 2 heterocycles. The molecule has 0 unspecified atom stereocenters. The molecule has 1 N–H and O–H groups in total. The number of hydrogen-bond acceptors (Lipinski definition) is 3. The van der Waals surface area contributed by atoms with Crippen LogP contribution in [0.4, 0.5) is 4.39 Å². The third-order valence-corrected chi connectivity index (χ3v) is 3.96. The molecule has 6 nitrogen and oxygen atoms in total. The average molecular weight is 317 g/mol. The third-order valence-electron chi connectivity index (χ3n) is 3.96.